The molecule has 24 heavy (non-hydrogen) atoms. The molecule has 2 aromatic rings. The highest BCUT2D eigenvalue weighted by Crippen LogP contribution is 2.40. The summed E-state index contributed by atoms with van der Waals surface area (Å²) in [7, 11) is 2.70. The molecule has 0 aliphatic rings. The van der Waals surface area contributed by atoms with Crippen LogP contribution in [0.3, 0.4) is 0 Å². The molecule has 2 heterocycles. The summed E-state index contributed by atoms with van der Waals surface area (Å²) in [6.07, 6.45) is -2.74. The van der Waals surface area contributed by atoms with Crippen molar-refractivity contribution < 1.29 is 27.8 Å². The Kier molecular flexibility index (Phi) is 4.78. The summed E-state index contributed by atoms with van der Waals surface area (Å²) in [6.45, 7) is 0. The standard InChI is InChI=1S/C14H15F3N4O3/c1-21-6-5-18-12(21)13(23,14(15,16)17)7-10(22)20-9-3-4-11(24-2)19-8-9/h3-6,8,23H,7H2,1-2H3,(H,20,22)/t13-/m0/s1. The molecule has 0 aliphatic heterocycles. The molecule has 0 fully saturated rings. The maximum atomic E-state index is 13.3. The van der Waals surface area contributed by atoms with Crippen molar-refractivity contribution in [2.45, 2.75) is 18.2 Å². The molecule has 1 atom stereocenters. The molecule has 0 radical (unpaired) electrons. The Balaban J connectivity index is 2.20. The Morgan fingerprint density at radius 2 is 2.08 bits per heavy atom. The molecule has 1 amide bonds. The largest absolute Gasteiger partial charge is 0.481 e. The van der Waals surface area contributed by atoms with Crippen molar-refractivity contribution in [2.75, 3.05) is 12.4 Å². The third-order valence-corrected chi connectivity index (χ3v) is 3.31. The zero-order valence-corrected chi connectivity index (χ0v) is 12.8. The number of aromatic nitrogens is 3. The van der Waals surface area contributed by atoms with Crippen LogP contribution in [0.15, 0.2) is 30.7 Å². The van der Waals surface area contributed by atoms with Gasteiger partial charge in [-0.2, -0.15) is 13.2 Å². The van der Waals surface area contributed by atoms with Crippen molar-refractivity contribution in [3.8, 4) is 5.88 Å². The molecule has 0 aromatic carbocycles. The first-order chi connectivity index (χ1) is 11.2. The first kappa shape index (κ1) is 17.7. The summed E-state index contributed by atoms with van der Waals surface area (Å²) in [6, 6.07) is 2.85. The Bertz CT molecular complexity index is 715. The quantitative estimate of drug-likeness (QED) is 0.860. The Labute approximate surface area is 135 Å². The molecular formula is C14H15F3N4O3. The number of aryl methyl sites for hydroxylation is 1. The van der Waals surface area contributed by atoms with Crippen LogP contribution in [0.5, 0.6) is 5.88 Å². The van der Waals surface area contributed by atoms with E-state index in [1.165, 1.54) is 38.7 Å². The van der Waals surface area contributed by atoms with E-state index < -0.39 is 29.9 Å². The van der Waals surface area contributed by atoms with Crippen molar-refractivity contribution in [1.82, 2.24) is 14.5 Å². The number of imidazole rings is 1. The number of aliphatic hydroxyl groups is 1. The van der Waals surface area contributed by atoms with Gasteiger partial charge in [0.25, 0.3) is 0 Å². The minimum atomic E-state index is -5.08. The van der Waals surface area contributed by atoms with Gasteiger partial charge in [-0.15, -0.1) is 0 Å². The van der Waals surface area contributed by atoms with Crippen molar-refractivity contribution in [3.63, 3.8) is 0 Å². The number of hydrogen-bond acceptors (Lipinski definition) is 5. The number of amides is 1. The lowest BCUT2D eigenvalue weighted by molar-refractivity contribution is -0.270. The van der Waals surface area contributed by atoms with Gasteiger partial charge in [-0.3, -0.25) is 4.79 Å². The normalized spacial score (nSPS) is 14.1. The van der Waals surface area contributed by atoms with Gasteiger partial charge in [0.2, 0.25) is 17.4 Å². The van der Waals surface area contributed by atoms with Crippen LogP contribution in [0.25, 0.3) is 0 Å². The summed E-state index contributed by atoms with van der Waals surface area (Å²) in [4.78, 5) is 19.3. The Hall–Kier alpha value is -2.62. The average Bonchev–Trinajstić information content (AvgIpc) is 2.93. The van der Waals surface area contributed by atoms with E-state index in [0.29, 0.717) is 0 Å². The molecule has 130 valence electrons. The van der Waals surface area contributed by atoms with E-state index in [9.17, 15) is 23.1 Å². The maximum Gasteiger partial charge on any atom is 0.425 e. The van der Waals surface area contributed by atoms with Gasteiger partial charge in [0.05, 0.1) is 25.4 Å². The van der Waals surface area contributed by atoms with Crippen LogP contribution in [0.1, 0.15) is 12.2 Å². The van der Waals surface area contributed by atoms with Gasteiger partial charge < -0.3 is 19.7 Å². The van der Waals surface area contributed by atoms with Crippen LogP contribution >= 0.6 is 0 Å². The van der Waals surface area contributed by atoms with Crippen LogP contribution in [0, 0.1) is 0 Å². The summed E-state index contributed by atoms with van der Waals surface area (Å²) in [5.41, 5.74) is -3.24. The van der Waals surface area contributed by atoms with Crippen molar-refractivity contribution in [2.24, 2.45) is 7.05 Å². The number of pyridine rings is 1. The molecule has 2 aromatic heterocycles. The van der Waals surface area contributed by atoms with Gasteiger partial charge >= 0.3 is 6.18 Å². The van der Waals surface area contributed by atoms with Gasteiger partial charge in [-0.25, -0.2) is 9.97 Å². The van der Waals surface area contributed by atoms with Crippen molar-refractivity contribution in [3.05, 3.63) is 36.5 Å². The summed E-state index contributed by atoms with van der Waals surface area (Å²) < 4.78 is 45.8. The summed E-state index contributed by atoms with van der Waals surface area (Å²) in [5, 5.41) is 12.4. The predicted molar refractivity (Wildman–Crippen MR) is 77.2 cm³/mol. The van der Waals surface area contributed by atoms with E-state index in [0.717, 1.165) is 10.8 Å². The SMILES string of the molecule is COc1ccc(NC(=O)C[C@](O)(c2nccn2C)C(F)(F)F)cn1. The molecule has 0 spiro atoms. The highest BCUT2D eigenvalue weighted by atomic mass is 19.4. The van der Waals surface area contributed by atoms with Gasteiger partial charge in [-0.1, -0.05) is 0 Å². The second kappa shape index (κ2) is 6.48. The van der Waals surface area contributed by atoms with E-state index in [2.05, 4.69) is 15.3 Å². The third-order valence-electron chi connectivity index (χ3n) is 3.31. The fourth-order valence-corrected chi connectivity index (χ4v) is 2.08. The van der Waals surface area contributed by atoms with E-state index >= 15 is 0 Å². The van der Waals surface area contributed by atoms with Crippen LogP contribution < -0.4 is 10.1 Å². The minimum Gasteiger partial charge on any atom is -0.481 e. The average molecular weight is 344 g/mol. The second-order valence-electron chi connectivity index (χ2n) is 5.03. The fourth-order valence-electron chi connectivity index (χ4n) is 2.08. The molecule has 0 aliphatic carbocycles. The number of hydrogen-bond donors (Lipinski definition) is 2. The first-order valence-electron chi connectivity index (χ1n) is 6.74. The van der Waals surface area contributed by atoms with E-state index in [1.54, 1.807) is 0 Å². The Morgan fingerprint density at radius 3 is 2.54 bits per heavy atom. The highest BCUT2D eigenvalue weighted by molar-refractivity contribution is 5.91. The topological polar surface area (TPSA) is 89.3 Å². The van der Waals surface area contributed by atoms with Crippen LogP contribution in [0.4, 0.5) is 18.9 Å². The molecule has 2 rings (SSSR count). The molecule has 0 bridgehead atoms. The number of rotatable bonds is 5. The number of ether oxygens (including phenoxy) is 1. The smallest absolute Gasteiger partial charge is 0.425 e. The summed E-state index contributed by atoms with van der Waals surface area (Å²) >= 11 is 0. The molecule has 0 saturated heterocycles. The lowest BCUT2D eigenvalue weighted by Crippen LogP contribution is -2.46. The molecule has 2 N–H and O–H groups in total. The number of carbonyl (C=O) groups is 1. The number of anilines is 1. The van der Waals surface area contributed by atoms with Gasteiger partial charge in [-0.05, 0) is 6.07 Å². The van der Waals surface area contributed by atoms with E-state index in [-0.39, 0.29) is 11.6 Å². The zero-order chi connectivity index (χ0) is 18.0. The van der Waals surface area contributed by atoms with Crippen LogP contribution in [-0.4, -0.2) is 38.8 Å². The van der Waals surface area contributed by atoms with Crippen molar-refractivity contribution >= 4 is 11.6 Å². The van der Waals surface area contributed by atoms with Gasteiger partial charge in [0, 0.05) is 25.5 Å². The first-order valence-corrected chi connectivity index (χ1v) is 6.74. The molecular weight excluding hydrogens is 329 g/mol. The number of alkyl halides is 3. The monoisotopic (exact) mass is 344 g/mol. The molecule has 0 saturated carbocycles. The lowest BCUT2D eigenvalue weighted by Gasteiger charge is -2.29. The zero-order valence-electron chi connectivity index (χ0n) is 12.8. The number of carbonyl (C=O) groups excluding carboxylic acids is 1. The molecule has 7 nitrogen and oxygen atoms in total. The highest BCUT2D eigenvalue weighted by Gasteiger charge is 2.58. The fraction of sp³-hybridized carbons (Fsp3) is 0.357. The third kappa shape index (κ3) is 3.48. The van der Waals surface area contributed by atoms with E-state index in [1.807, 2.05) is 0 Å². The maximum absolute atomic E-state index is 13.3. The van der Waals surface area contributed by atoms with Gasteiger partial charge in [0.15, 0.2) is 5.82 Å². The number of methoxy groups -OCH3 is 1. The van der Waals surface area contributed by atoms with Crippen LogP contribution in [0.2, 0.25) is 0 Å². The van der Waals surface area contributed by atoms with Crippen molar-refractivity contribution in [1.29, 1.82) is 0 Å². The number of halogens is 3. The summed E-state index contributed by atoms with van der Waals surface area (Å²) in [5.74, 6) is -1.42. The molecule has 0 unspecified atom stereocenters. The molecule has 10 heteroatoms. The Morgan fingerprint density at radius 1 is 1.38 bits per heavy atom. The van der Waals surface area contributed by atoms with Gasteiger partial charge in [0.1, 0.15) is 0 Å². The minimum absolute atomic E-state index is 0.171. The number of nitrogens with one attached hydrogen (secondary N) is 1. The van der Waals surface area contributed by atoms with Crippen LogP contribution in [-0.2, 0) is 17.4 Å². The van der Waals surface area contributed by atoms with E-state index in [4.69, 9.17) is 4.74 Å². The number of nitrogens with zero attached hydrogens (tertiary/aromatic N) is 3. The predicted octanol–water partition coefficient (Wildman–Crippen LogP) is 1.60. The second-order valence-corrected chi connectivity index (χ2v) is 5.03. The lowest BCUT2D eigenvalue weighted by atomic mass is 9.97.